The van der Waals surface area contributed by atoms with Crippen molar-refractivity contribution in [3.05, 3.63) is 64.2 Å². The standard InChI is InChI=1S/C20H22N4O6S/c1-2-3-11-29-17-6-4-5-14(12-17)19(26)21-20(31)23-22-18(25)13-30-16-9-7-15(8-10-16)24(27)28/h4-10,12H,2-3,11,13H2,1H3,(H,22,25)(H2,21,23,26,31). The van der Waals surface area contributed by atoms with Crippen molar-refractivity contribution in [2.24, 2.45) is 0 Å². The van der Waals surface area contributed by atoms with Gasteiger partial charge in [0, 0.05) is 17.7 Å². The van der Waals surface area contributed by atoms with E-state index >= 15 is 0 Å². The van der Waals surface area contributed by atoms with Crippen molar-refractivity contribution in [1.29, 1.82) is 0 Å². The van der Waals surface area contributed by atoms with Crippen LogP contribution in [-0.2, 0) is 4.79 Å². The lowest BCUT2D eigenvalue weighted by atomic mass is 10.2. The van der Waals surface area contributed by atoms with Gasteiger partial charge in [-0.3, -0.25) is 35.9 Å². The molecule has 0 spiro atoms. The van der Waals surface area contributed by atoms with E-state index in [1.807, 2.05) is 0 Å². The highest BCUT2D eigenvalue weighted by atomic mass is 32.1. The van der Waals surface area contributed by atoms with E-state index in [9.17, 15) is 19.7 Å². The summed E-state index contributed by atoms with van der Waals surface area (Å²) in [6, 6.07) is 12.0. The van der Waals surface area contributed by atoms with Crippen molar-refractivity contribution >= 4 is 34.8 Å². The largest absolute Gasteiger partial charge is 0.494 e. The van der Waals surface area contributed by atoms with Crippen LogP contribution in [0.25, 0.3) is 0 Å². The molecule has 0 aliphatic rings. The molecule has 0 aliphatic heterocycles. The van der Waals surface area contributed by atoms with Crippen molar-refractivity contribution < 1.29 is 24.0 Å². The van der Waals surface area contributed by atoms with Gasteiger partial charge in [0.2, 0.25) is 0 Å². The van der Waals surface area contributed by atoms with Gasteiger partial charge in [-0.25, -0.2) is 0 Å². The summed E-state index contributed by atoms with van der Waals surface area (Å²) in [6.45, 7) is 2.26. The van der Waals surface area contributed by atoms with Crippen LogP contribution in [-0.4, -0.2) is 35.1 Å². The fourth-order valence-electron chi connectivity index (χ4n) is 2.24. The molecule has 164 valence electrons. The number of non-ortho nitro benzene ring substituents is 1. The van der Waals surface area contributed by atoms with E-state index in [-0.39, 0.29) is 23.2 Å². The first-order valence-corrected chi connectivity index (χ1v) is 9.80. The van der Waals surface area contributed by atoms with E-state index in [1.165, 1.54) is 24.3 Å². The fraction of sp³-hybridized carbons (Fsp3) is 0.250. The van der Waals surface area contributed by atoms with Gasteiger partial charge in [0.25, 0.3) is 17.5 Å². The van der Waals surface area contributed by atoms with Crippen LogP contribution in [0.4, 0.5) is 5.69 Å². The quantitative estimate of drug-likeness (QED) is 0.232. The minimum Gasteiger partial charge on any atom is -0.494 e. The highest BCUT2D eigenvalue weighted by molar-refractivity contribution is 7.80. The molecule has 0 aromatic heterocycles. The summed E-state index contributed by atoms with van der Waals surface area (Å²) in [5.74, 6) is -0.162. The maximum atomic E-state index is 12.3. The summed E-state index contributed by atoms with van der Waals surface area (Å²) in [7, 11) is 0. The number of unbranched alkanes of at least 4 members (excludes halogenated alkanes) is 1. The number of hydrogen-bond acceptors (Lipinski definition) is 7. The average Bonchev–Trinajstić information content (AvgIpc) is 2.77. The Balaban J connectivity index is 1.74. The normalized spacial score (nSPS) is 9.97. The number of thiocarbonyl (C=S) groups is 1. The molecular weight excluding hydrogens is 424 g/mol. The second-order valence-corrected chi connectivity index (χ2v) is 6.63. The molecule has 0 fully saturated rings. The van der Waals surface area contributed by atoms with Gasteiger partial charge in [0.1, 0.15) is 11.5 Å². The number of nitrogens with zero attached hydrogens (tertiary/aromatic N) is 1. The fourth-order valence-corrected chi connectivity index (χ4v) is 2.39. The monoisotopic (exact) mass is 446 g/mol. The van der Waals surface area contributed by atoms with Crippen LogP contribution < -0.4 is 25.6 Å². The molecule has 2 aromatic carbocycles. The Labute approximate surface area is 184 Å². The van der Waals surface area contributed by atoms with Crippen LogP contribution in [0.2, 0.25) is 0 Å². The number of rotatable bonds is 9. The molecule has 11 heteroatoms. The van der Waals surface area contributed by atoms with Gasteiger partial charge in [-0.05, 0) is 49.0 Å². The van der Waals surface area contributed by atoms with Crippen molar-refractivity contribution in [3.8, 4) is 11.5 Å². The zero-order valence-electron chi connectivity index (χ0n) is 16.8. The zero-order valence-corrected chi connectivity index (χ0v) is 17.6. The van der Waals surface area contributed by atoms with Crippen molar-refractivity contribution in [2.45, 2.75) is 19.8 Å². The lowest BCUT2D eigenvalue weighted by Crippen LogP contribution is -2.49. The van der Waals surface area contributed by atoms with Crippen LogP contribution in [0.1, 0.15) is 30.1 Å². The third-order valence-electron chi connectivity index (χ3n) is 3.82. The summed E-state index contributed by atoms with van der Waals surface area (Å²) < 4.78 is 10.8. The number of nitro benzene ring substituents is 1. The maximum Gasteiger partial charge on any atom is 0.276 e. The number of carbonyl (C=O) groups excluding carboxylic acids is 2. The zero-order chi connectivity index (χ0) is 22.6. The van der Waals surface area contributed by atoms with Gasteiger partial charge in [0.15, 0.2) is 11.7 Å². The molecule has 0 saturated heterocycles. The molecule has 2 amide bonds. The predicted octanol–water partition coefficient (Wildman–Crippen LogP) is 2.49. The molecule has 0 heterocycles. The Morgan fingerprint density at radius 2 is 1.81 bits per heavy atom. The van der Waals surface area contributed by atoms with E-state index in [1.54, 1.807) is 24.3 Å². The van der Waals surface area contributed by atoms with E-state index in [0.29, 0.717) is 17.9 Å². The van der Waals surface area contributed by atoms with E-state index in [4.69, 9.17) is 21.7 Å². The molecular formula is C20H22N4O6S. The molecule has 0 unspecified atom stereocenters. The second-order valence-electron chi connectivity index (χ2n) is 6.23. The van der Waals surface area contributed by atoms with Gasteiger partial charge in [-0.1, -0.05) is 19.4 Å². The molecule has 0 aliphatic carbocycles. The van der Waals surface area contributed by atoms with Crippen molar-refractivity contribution in [1.82, 2.24) is 16.2 Å². The lowest BCUT2D eigenvalue weighted by molar-refractivity contribution is -0.384. The molecule has 0 radical (unpaired) electrons. The lowest BCUT2D eigenvalue weighted by Gasteiger charge is -2.12. The molecule has 2 aromatic rings. The molecule has 31 heavy (non-hydrogen) atoms. The number of hydrazine groups is 1. The minimum absolute atomic E-state index is 0.0855. The highest BCUT2D eigenvalue weighted by Gasteiger charge is 2.10. The van der Waals surface area contributed by atoms with Gasteiger partial charge in [0.05, 0.1) is 11.5 Å². The molecule has 10 nitrogen and oxygen atoms in total. The number of nitro groups is 1. The Bertz CT molecular complexity index is 936. The minimum atomic E-state index is -0.568. The number of ether oxygens (including phenoxy) is 2. The SMILES string of the molecule is CCCCOc1cccc(C(=O)NC(=S)NNC(=O)COc2ccc([N+](=O)[O-])cc2)c1. The summed E-state index contributed by atoms with van der Waals surface area (Å²) in [4.78, 5) is 34.2. The van der Waals surface area contributed by atoms with Gasteiger partial charge in [-0.2, -0.15) is 0 Å². The number of nitrogens with one attached hydrogen (secondary N) is 3. The third kappa shape index (κ3) is 8.26. The van der Waals surface area contributed by atoms with Crippen molar-refractivity contribution in [2.75, 3.05) is 13.2 Å². The third-order valence-corrected chi connectivity index (χ3v) is 4.03. The van der Waals surface area contributed by atoms with Crippen LogP contribution in [0.5, 0.6) is 11.5 Å². The van der Waals surface area contributed by atoms with Gasteiger partial charge in [-0.15, -0.1) is 0 Å². The van der Waals surface area contributed by atoms with Crippen LogP contribution >= 0.6 is 12.2 Å². The predicted molar refractivity (Wildman–Crippen MR) is 117 cm³/mol. The summed E-state index contributed by atoms with van der Waals surface area (Å²) in [5, 5.41) is 12.9. The maximum absolute atomic E-state index is 12.3. The van der Waals surface area contributed by atoms with Gasteiger partial charge < -0.3 is 9.47 Å². The van der Waals surface area contributed by atoms with E-state index in [2.05, 4.69) is 23.1 Å². The second kappa shape index (κ2) is 12.1. The Morgan fingerprint density at radius 3 is 2.48 bits per heavy atom. The Morgan fingerprint density at radius 1 is 1.06 bits per heavy atom. The summed E-state index contributed by atoms with van der Waals surface area (Å²) in [6.07, 6.45) is 1.92. The van der Waals surface area contributed by atoms with Crippen LogP contribution in [0.15, 0.2) is 48.5 Å². The van der Waals surface area contributed by atoms with E-state index < -0.39 is 16.7 Å². The Hall–Kier alpha value is -3.73. The Kier molecular flexibility index (Phi) is 9.17. The van der Waals surface area contributed by atoms with Crippen LogP contribution in [0, 0.1) is 10.1 Å². The molecule has 0 atom stereocenters. The van der Waals surface area contributed by atoms with Gasteiger partial charge >= 0.3 is 0 Å². The first kappa shape index (κ1) is 23.5. The number of benzene rings is 2. The number of hydrogen-bond donors (Lipinski definition) is 3. The topological polar surface area (TPSA) is 132 Å². The molecule has 3 N–H and O–H groups in total. The molecule has 0 saturated carbocycles. The summed E-state index contributed by atoms with van der Waals surface area (Å²) >= 11 is 4.99. The van der Waals surface area contributed by atoms with Crippen molar-refractivity contribution in [3.63, 3.8) is 0 Å². The smallest absolute Gasteiger partial charge is 0.276 e. The summed E-state index contributed by atoms with van der Waals surface area (Å²) in [5.41, 5.74) is 4.95. The first-order valence-electron chi connectivity index (χ1n) is 9.39. The first-order chi connectivity index (χ1) is 14.9. The van der Waals surface area contributed by atoms with Crippen LogP contribution in [0.3, 0.4) is 0 Å². The highest BCUT2D eigenvalue weighted by Crippen LogP contribution is 2.17. The van der Waals surface area contributed by atoms with E-state index in [0.717, 1.165) is 12.8 Å². The average molecular weight is 446 g/mol. The number of amides is 2. The number of carbonyl (C=O) groups is 2. The molecule has 2 rings (SSSR count). The molecule has 0 bridgehead atoms.